The molecular formula is C26H22ClFN4O. The van der Waals surface area contributed by atoms with E-state index in [1.807, 2.05) is 61.0 Å². The van der Waals surface area contributed by atoms with Gasteiger partial charge in [0.15, 0.2) is 0 Å². The van der Waals surface area contributed by atoms with Gasteiger partial charge >= 0.3 is 0 Å². The van der Waals surface area contributed by atoms with E-state index in [0.717, 1.165) is 33.4 Å². The number of halogens is 2. The molecule has 2 N–H and O–H groups in total. The first-order chi connectivity index (χ1) is 15.9. The third-order valence-electron chi connectivity index (χ3n) is 5.65. The summed E-state index contributed by atoms with van der Waals surface area (Å²) in [4.78, 5) is 15.9. The van der Waals surface area contributed by atoms with Gasteiger partial charge in [-0.3, -0.25) is 4.79 Å². The maximum Gasteiger partial charge on any atom is 0.261 e. The molecule has 0 aliphatic carbocycles. The van der Waals surface area contributed by atoms with Gasteiger partial charge < -0.3 is 14.9 Å². The number of para-hydroxylation sites is 1. The number of nitrogens with one attached hydrogen (secondary N) is 2. The molecule has 0 saturated carbocycles. The van der Waals surface area contributed by atoms with Crippen LogP contribution in [0.1, 0.15) is 22.5 Å². The highest BCUT2D eigenvalue weighted by atomic mass is 35.5. The van der Waals surface area contributed by atoms with Crippen molar-refractivity contribution >= 4 is 34.5 Å². The number of hydrogen-bond donors (Lipinski definition) is 2. The highest BCUT2D eigenvalue weighted by Crippen LogP contribution is 2.26. The fraction of sp³-hybridized carbons (Fsp3) is 0.154. The molecule has 0 aliphatic heterocycles. The van der Waals surface area contributed by atoms with Gasteiger partial charge in [-0.2, -0.15) is 5.26 Å². The molecule has 0 aliphatic rings. The molecule has 0 spiro atoms. The molecule has 1 amide bonds. The summed E-state index contributed by atoms with van der Waals surface area (Å²) in [7, 11) is 0. The van der Waals surface area contributed by atoms with E-state index in [-0.39, 0.29) is 10.6 Å². The molecule has 2 aromatic heterocycles. The molecule has 0 saturated heterocycles. The van der Waals surface area contributed by atoms with Gasteiger partial charge in [0, 0.05) is 40.7 Å². The number of hydrogen-bond acceptors (Lipinski definition) is 2. The van der Waals surface area contributed by atoms with Crippen molar-refractivity contribution in [1.29, 1.82) is 5.26 Å². The lowest BCUT2D eigenvalue weighted by Gasteiger charge is -2.10. The molecule has 0 bridgehead atoms. The minimum absolute atomic E-state index is 0.0197. The smallest absolute Gasteiger partial charge is 0.261 e. The SMILES string of the molecule is Cc1cc(/C=C(/C#N)C(=O)NCCc2c[nH]c3ccccc23)c(C)n1-c1ccc(F)c(Cl)c1. The normalized spacial score (nSPS) is 11.5. The molecule has 0 radical (unpaired) electrons. The van der Waals surface area contributed by atoms with Gasteiger partial charge in [-0.25, -0.2) is 4.39 Å². The van der Waals surface area contributed by atoms with E-state index >= 15 is 0 Å². The number of carbonyl (C=O) groups is 1. The number of nitriles is 1. The Bertz CT molecular complexity index is 1420. The van der Waals surface area contributed by atoms with Crippen molar-refractivity contribution in [3.63, 3.8) is 0 Å². The van der Waals surface area contributed by atoms with Gasteiger partial charge in [0.05, 0.1) is 5.02 Å². The average molecular weight is 461 g/mol. The lowest BCUT2D eigenvalue weighted by Crippen LogP contribution is -2.26. The van der Waals surface area contributed by atoms with Crippen molar-refractivity contribution in [2.24, 2.45) is 0 Å². The zero-order valence-corrected chi connectivity index (χ0v) is 19.0. The van der Waals surface area contributed by atoms with Crippen LogP contribution in [0.2, 0.25) is 5.02 Å². The summed E-state index contributed by atoms with van der Waals surface area (Å²) in [5, 5.41) is 13.6. The summed E-state index contributed by atoms with van der Waals surface area (Å²) in [6, 6.07) is 16.4. The van der Waals surface area contributed by atoms with Crippen molar-refractivity contribution in [3.05, 3.63) is 93.7 Å². The van der Waals surface area contributed by atoms with E-state index in [4.69, 9.17) is 11.6 Å². The van der Waals surface area contributed by atoms with E-state index in [0.29, 0.717) is 18.7 Å². The first-order valence-electron chi connectivity index (χ1n) is 10.5. The number of aryl methyl sites for hydroxylation is 1. The Morgan fingerprint density at radius 1 is 1.24 bits per heavy atom. The van der Waals surface area contributed by atoms with Crippen LogP contribution >= 0.6 is 11.6 Å². The number of benzene rings is 2. The molecule has 0 atom stereocenters. The van der Waals surface area contributed by atoms with Crippen molar-refractivity contribution in [3.8, 4) is 11.8 Å². The molecule has 33 heavy (non-hydrogen) atoms. The zero-order chi connectivity index (χ0) is 23.5. The Morgan fingerprint density at radius 2 is 2.03 bits per heavy atom. The molecule has 2 aromatic carbocycles. The van der Waals surface area contributed by atoms with Gasteiger partial charge in [-0.05, 0) is 67.8 Å². The maximum absolute atomic E-state index is 13.6. The summed E-state index contributed by atoms with van der Waals surface area (Å²) >= 11 is 5.94. The third-order valence-corrected chi connectivity index (χ3v) is 5.94. The summed E-state index contributed by atoms with van der Waals surface area (Å²) < 4.78 is 15.5. The summed E-state index contributed by atoms with van der Waals surface area (Å²) in [5.74, 6) is -0.911. The second-order valence-electron chi connectivity index (χ2n) is 7.80. The molecule has 4 rings (SSSR count). The lowest BCUT2D eigenvalue weighted by atomic mass is 10.1. The van der Waals surface area contributed by atoms with Crippen LogP contribution in [0.25, 0.3) is 22.7 Å². The number of nitrogens with zero attached hydrogens (tertiary/aromatic N) is 2. The number of amides is 1. The number of fused-ring (bicyclic) bond motifs is 1. The van der Waals surface area contributed by atoms with Gasteiger partial charge in [0.2, 0.25) is 0 Å². The van der Waals surface area contributed by atoms with Crippen LogP contribution < -0.4 is 5.32 Å². The van der Waals surface area contributed by atoms with Crippen molar-refractivity contribution < 1.29 is 9.18 Å². The Balaban J connectivity index is 1.50. The standard InChI is InChI=1S/C26H22ClFN4O/c1-16-11-19(17(2)32(16)21-7-8-24(28)23(27)13-21)12-20(14-29)26(33)30-10-9-18-15-31-25-6-4-3-5-22(18)25/h3-8,11-13,15,31H,9-10H2,1-2H3,(H,30,33)/b20-12-. The number of H-pyrrole nitrogens is 1. The molecule has 0 unspecified atom stereocenters. The largest absolute Gasteiger partial charge is 0.361 e. The average Bonchev–Trinajstić information content (AvgIpc) is 3.34. The van der Waals surface area contributed by atoms with Gasteiger partial charge in [0.25, 0.3) is 5.91 Å². The third kappa shape index (κ3) is 4.55. The minimum atomic E-state index is -0.487. The lowest BCUT2D eigenvalue weighted by molar-refractivity contribution is -0.117. The molecule has 166 valence electrons. The van der Waals surface area contributed by atoms with Crippen LogP contribution in [-0.2, 0) is 11.2 Å². The fourth-order valence-corrected chi connectivity index (χ4v) is 4.18. The molecular weight excluding hydrogens is 439 g/mol. The van der Waals surface area contributed by atoms with E-state index in [1.54, 1.807) is 18.2 Å². The van der Waals surface area contributed by atoms with Crippen molar-refractivity contribution in [2.45, 2.75) is 20.3 Å². The predicted octanol–water partition coefficient (Wildman–Crippen LogP) is 5.63. The van der Waals surface area contributed by atoms with Crippen LogP contribution in [-0.4, -0.2) is 22.0 Å². The van der Waals surface area contributed by atoms with Gasteiger partial charge in [0.1, 0.15) is 17.5 Å². The van der Waals surface area contributed by atoms with Crippen LogP contribution in [0.4, 0.5) is 4.39 Å². The number of aromatic nitrogens is 2. The molecule has 5 nitrogen and oxygen atoms in total. The van der Waals surface area contributed by atoms with Crippen molar-refractivity contribution in [1.82, 2.24) is 14.9 Å². The molecule has 2 heterocycles. The number of aromatic amines is 1. The molecule has 7 heteroatoms. The number of rotatable bonds is 6. The molecule has 0 fully saturated rings. The summed E-state index contributed by atoms with van der Waals surface area (Å²) in [6.07, 6.45) is 4.16. The summed E-state index contributed by atoms with van der Waals surface area (Å²) in [6.45, 7) is 4.18. The second-order valence-corrected chi connectivity index (χ2v) is 8.20. The number of carbonyl (C=O) groups excluding carboxylic acids is 1. The van der Waals surface area contributed by atoms with Gasteiger partial charge in [-0.1, -0.05) is 29.8 Å². The van der Waals surface area contributed by atoms with E-state index in [2.05, 4.69) is 10.3 Å². The zero-order valence-electron chi connectivity index (χ0n) is 18.2. The Hall–Kier alpha value is -3.82. The topological polar surface area (TPSA) is 73.6 Å². The maximum atomic E-state index is 13.6. The van der Waals surface area contributed by atoms with Crippen LogP contribution in [0.5, 0.6) is 0 Å². The Labute approximate surface area is 196 Å². The quantitative estimate of drug-likeness (QED) is 0.289. The van der Waals surface area contributed by atoms with Gasteiger partial charge in [-0.15, -0.1) is 0 Å². The van der Waals surface area contributed by atoms with Crippen molar-refractivity contribution in [2.75, 3.05) is 6.54 Å². The first kappa shape index (κ1) is 22.4. The molecule has 4 aromatic rings. The Kier molecular flexibility index (Phi) is 6.34. The fourth-order valence-electron chi connectivity index (χ4n) is 4.00. The highest BCUT2D eigenvalue weighted by Gasteiger charge is 2.15. The predicted molar refractivity (Wildman–Crippen MR) is 129 cm³/mol. The Morgan fingerprint density at radius 3 is 2.79 bits per heavy atom. The monoisotopic (exact) mass is 460 g/mol. The van der Waals surface area contributed by atoms with E-state index in [9.17, 15) is 14.4 Å². The second kappa shape index (κ2) is 9.35. The van der Waals surface area contributed by atoms with Crippen LogP contribution in [0.3, 0.4) is 0 Å². The van der Waals surface area contributed by atoms with Crippen LogP contribution in [0, 0.1) is 31.0 Å². The van der Waals surface area contributed by atoms with Crippen LogP contribution in [0.15, 0.2) is 60.3 Å². The van der Waals surface area contributed by atoms with E-state index < -0.39 is 11.7 Å². The minimum Gasteiger partial charge on any atom is -0.361 e. The first-order valence-corrected chi connectivity index (χ1v) is 10.9. The summed E-state index contributed by atoms with van der Waals surface area (Å²) in [5.41, 5.74) is 5.30. The van der Waals surface area contributed by atoms with E-state index in [1.165, 1.54) is 6.07 Å². The highest BCUT2D eigenvalue weighted by molar-refractivity contribution is 6.30.